The fraction of sp³-hybridized carbons (Fsp3) is 0.279. The second kappa shape index (κ2) is 16.5. The summed E-state index contributed by atoms with van der Waals surface area (Å²) in [5, 5.41) is 2.82. The number of aryl methyl sites for hydroxylation is 2. The van der Waals surface area contributed by atoms with Crippen LogP contribution >= 0.6 is 0 Å². The van der Waals surface area contributed by atoms with Crippen LogP contribution < -0.4 is 11.1 Å². The number of nitrogens with two attached hydrogens (primary N) is 1. The van der Waals surface area contributed by atoms with Crippen molar-refractivity contribution in [2.45, 2.75) is 70.9 Å². The second-order valence-electron chi connectivity index (χ2n) is 14.0. The fourth-order valence-corrected chi connectivity index (χ4v) is 6.21. The van der Waals surface area contributed by atoms with Gasteiger partial charge in [0.05, 0.1) is 17.4 Å². The van der Waals surface area contributed by atoms with Gasteiger partial charge in [0, 0.05) is 36.5 Å². The van der Waals surface area contributed by atoms with E-state index in [0.717, 1.165) is 72.7 Å². The van der Waals surface area contributed by atoms with E-state index in [0.29, 0.717) is 6.54 Å². The molecule has 1 atom stereocenters. The number of H-pyrrole nitrogens is 2. The predicted molar refractivity (Wildman–Crippen MR) is 206 cm³/mol. The number of hydrogen-bond donors (Lipinski definition) is 4. The molecule has 0 saturated carbocycles. The second-order valence-corrected chi connectivity index (χ2v) is 14.0. The summed E-state index contributed by atoms with van der Waals surface area (Å²) >= 11 is 0. The minimum atomic E-state index is -0.510. The van der Waals surface area contributed by atoms with Crippen molar-refractivity contribution in [2.24, 2.45) is 5.73 Å². The van der Waals surface area contributed by atoms with Gasteiger partial charge in [0.15, 0.2) is 0 Å². The minimum absolute atomic E-state index is 0.163. The highest BCUT2D eigenvalue weighted by Gasteiger charge is 2.16. The van der Waals surface area contributed by atoms with Crippen molar-refractivity contribution in [1.82, 2.24) is 25.3 Å². The molecule has 0 aliphatic carbocycles. The lowest BCUT2D eigenvalue weighted by atomic mass is 9.93. The molecule has 262 valence electrons. The van der Waals surface area contributed by atoms with E-state index in [-0.39, 0.29) is 6.04 Å². The van der Waals surface area contributed by atoms with Gasteiger partial charge in [-0.1, -0.05) is 103 Å². The van der Waals surface area contributed by atoms with Crippen molar-refractivity contribution < 1.29 is 9.53 Å². The van der Waals surface area contributed by atoms with Crippen LogP contribution in [-0.2, 0) is 17.6 Å². The highest BCUT2D eigenvalue weighted by Crippen LogP contribution is 2.31. The average Bonchev–Trinajstić information content (AvgIpc) is 3.83. The highest BCUT2D eigenvalue weighted by atomic mass is 16.6. The first kappa shape index (κ1) is 35.4. The molecule has 8 heteroatoms. The van der Waals surface area contributed by atoms with Crippen molar-refractivity contribution in [3.8, 4) is 44.8 Å². The Hall–Kier alpha value is -5.47. The molecule has 0 radical (unpaired) electrons. The number of hydrogen-bond acceptors (Lipinski definition) is 5. The number of ether oxygens (including phenoxy) is 1. The number of aromatic amines is 2. The molecule has 0 fully saturated rings. The molecule has 0 spiro atoms. The summed E-state index contributed by atoms with van der Waals surface area (Å²) in [7, 11) is 0. The largest absolute Gasteiger partial charge is 0.444 e. The normalized spacial score (nSPS) is 12.1. The van der Waals surface area contributed by atoms with E-state index in [1.165, 1.54) is 27.8 Å². The molecule has 2 aromatic heterocycles. The topological polar surface area (TPSA) is 122 Å². The van der Waals surface area contributed by atoms with E-state index in [9.17, 15) is 4.79 Å². The Bertz CT molecular complexity index is 1990. The highest BCUT2D eigenvalue weighted by molar-refractivity contribution is 5.73. The molecule has 8 nitrogen and oxygen atoms in total. The summed E-state index contributed by atoms with van der Waals surface area (Å²) in [5.41, 5.74) is 16.2. The van der Waals surface area contributed by atoms with Gasteiger partial charge in [-0.2, -0.15) is 0 Å². The molecule has 5 N–H and O–H groups in total. The van der Waals surface area contributed by atoms with Crippen LogP contribution in [0.25, 0.3) is 44.8 Å². The molecule has 0 unspecified atom stereocenters. The number of nitrogens with zero attached hydrogens (tertiary/aromatic N) is 2. The lowest BCUT2D eigenvalue weighted by molar-refractivity contribution is 0.0527. The van der Waals surface area contributed by atoms with Gasteiger partial charge in [0.1, 0.15) is 17.2 Å². The third-order valence-corrected chi connectivity index (χ3v) is 8.82. The van der Waals surface area contributed by atoms with Gasteiger partial charge in [-0.15, -0.1) is 0 Å². The minimum Gasteiger partial charge on any atom is -0.444 e. The lowest BCUT2D eigenvalue weighted by Gasteiger charge is -2.19. The average molecular weight is 681 g/mol. The molecule has 4 aromatic carbocycles. The van der Waals surface area contributed by atoms with Crippen LogP contribution in [0.2, 0.25) is 0 Å². The summed E-state index contributed by atoms with van der Waals surface area (Å²) < 4.78 is 5.32. The fourth-order valence-electron chi connectivity index (χ4n) is 6.21. The molecule has 51 heavy (non-hydrogen) atoms. The van der Waals surface area contributed by atoms with Crippen molar-refractivity contribution in [1.29, 1.82) is 0 Å². The van der Waals surface area contributed by atoms with Crippen LogP contribution in [-0.4, -0.2) is 38.2 Å². The Balaban J connectivity index is 1.05. The first-order chi connectivity index (χ1) is 24.7. The maximum atomic E-state index is 11.9. The summed E-state index contributed by atoms with van der Waals surface area (Å²) in [6.45, 7) is 6.09. The van der Waals surface area contributed by atoms with Gasteiger partial charge in [-0.05, 0) is 80.3 Å². The molecule has 0 saturated heterocycles. The lowest BCUT2D eigenvalue weighted by Crippen LogP contribution is -2.33. The van der Waals surface area contributed by atoms with Gasteiger partial charge < -0.3 is 25.8 Å². The Kier molecular flexibility index (Phi) is 11.4. The van der Waals surface area contributed by atoms with E-state index in [4.69, 9.17) is 20.4 Å². The maximum absolute atomic E-state index is 11.9. The number of benzene rings is 4. The molecule has 1 amide bonds. The van der Waals surface area contributed by atoms with Crippen LogP contribution in [0.15, 0.2) is 116 Å². The number of carbonyl (C=O) groups excluding carboxylic acids is 1. The van der Waals surface area contributed by atoms with Crippen LogP contribution in [0.1, 0.15) is 69.7 Å². The first-order valence-corrected chi connectivity index (χ1v) is 17.9. The number of nitrogens with one attached hydrogen (secondary N) is 3. The smallest absolute Gasteiger partial charge is 0.407 e. The van der Waals surface area contributed by atoms with Crippen molar-refractivity contribution in [3.63, 3.8) is 0 Å². The third kappa shape index (κ3) is 9.83. The van der Waals surface area contributed by atoms with Crippen LogP contribution in [0, 0.1) is 0 Å². The molecular formula is C43H48N6O2. The van der Waals surface area contributed by atoms with Gasteiger partial charge in [0.25, 0.3) is 0 Å². The Morgan fingerprint density at radius 3 is 2.08 bits per heavy atom. The molecule has 6 rings (SSSR count). The number of imidazole rings is 2. The Morgan fingerprint density at radius 1 is 0.725 bits per heavy atom. The molecule has 0 aliphatic heterocycles. The molecule has 2 heterocycles. The van der Waals surface area contributed by atoms with E-state index < -0.39 is 11.7 Å². The summed E-state index contributed by atoms with van der Waals surface area (Å²) in [6, 6.07) is 35.9. The molecule has 6 aromatic rings. The number of unbranched alkanes of at least 4 members (excludes halogenated alkanes) is 1. The summed E-state index contributed by atoms with van der Waals surface area (Å²) in [5.74, 6) is 1.71. The van der Waals surface area contributed by atoms with E-state index in [1.54, 1.807) is 0 Å². The number of alkyl carbamates (subject to hydrolysis) is 1. The van der Waals surface area contributed by atoms with Gasteiger partial charge in [0.2, 0.25) is 0 Å². The van der Waals surface area contributed by atoms with Crippen LogP contribution in [0.4, 0.5) is 4.79 Å². The van der Waals surface area contributed by atoms with Crippen LogP contribution in [0.5, 0.6) is 0 Å². The van der Waals surface area contributed by atoms with Gasteiger partial charge >= 0.3 is 6.09 Å². The monoisotopic (exact) mass is 680 g/mol. The summed E-state index contributed by atoms with van der Waals surface area (Å²) in [6.07, 6.45) is 8.75. The van der Waals surface area contributed by atoms with E-state index in [1.807, 2.05) is 45.3 Å². The Morgan fingerprint density at radius 2 is 1.35 bits per heavy atom. The zero-order valence-corrected chi connectivity index (χ0v) is 29.8. The zero-order valence-electron chi connectivity index (χ0n) is 29.8. The quantitative estimate of drug-likeness (QED) is 0.0854. The van der Waals surface area contributed by atoms with Crippen molar-refractivity contribution in [2.75, 3.05) is 6.54 Å². The number of rotatable bonds is 14. The van der Waals surface area contributed by atoms with Gasteiger partial charge in [-0.3, -0.25) is 0 Å². The molecule has 0 bridgehead atoms. The maximum Gasteiger partial charge on any atom is 0.407 e. The molecule has 0 aliphatic rings. The number of aromatic nitrogens is 4. The van der Waals surface area contributed by atoms with E-state index >= 15 is 0 Å². The first-order valence-electron chi connectivity index (χ1n) is 17.9. The zero-order chi connectivity index (χ0) is 35.6. The van der Waals surface area contributed by atoms with Crippen molar-refractivity contribution in [3.05, 3.63) is 133 Å². The van der Waals surface area contributed by atoms with Crippen molar-refractivity contribution >= 4 is 6.09 Å². The van der Waals surface area contributed by atoms with Gasteiger partial charge in [-0.25, -0.2) is 14.8 Å². The SMILES string of the molecule is CC(C)(C)OC(=O)NCCCc1nc(-c2ccc(-c3ccccc3)c(CCCC[C@@H](N)c3nc(-c4ccc(-c5ccccc5)cc4)c[nH]3)c2)c[nH]1. The number of carbonyl (C=O) groups is 1. The predicted octanol–water partition coefficient (Wildman–Crippen LogP) is 9.67. The standard InChI is InChI=1S/C43H48N6O2/c1-43(2,3)51-42(50)45-26-12-19-40-46-28-39(48-40)35-24-25-36(32-15-8-5-9-16-32)34(27-35)17-10-11-18-37(44)41-47-29-38(49-41)33-22-20-31(21-23-33)30-13-6-4-7-14-30/h4-9,13-16,20-25,27-29,37H,10-12,17-19,26,44H2,1-3H3,(H,45,50)(H,46,48)(H,47,49)/t37-/m1/s1. The van der Waals surface area contributed by atoms with Crippen LogP contribution in [0.3, 0.4) is 0 Å². The van der Waals surface area contributed by atoms with E-state index in [2.05, 4.69) is 106 Å². The third-order valence-electron chi connectivity index (χ3n) is 8.82. The summed E-state index contributed by atoms with van der Waals surface area (Å²) in [4.78, 5) is 28.3. The number of amides is 1. The Labute approximate surface area is 300 Å². The molecular weight excluding hydrogens is 633 g/mol.